The van der Waals surface area contributed by atoms with Crippen LogP contribution in [0.15, 0.2) is 30.6 Å². The zero-order valence-corrected chi connectivity index (χ0v) is 20.4. The molecule has 0 bridgehead atoms. The molecule has 174 valence electrons. The number of halogens is 1. The molecule has 9 heteroatoms. The lowest BCUT2D eigenvalue weighted by molar-refractivity contribution is 0.0580. The highest BCUT2D eigenvalue weighted by Crippen LogP contribution is 2.56. The number of anilines is 1. The van der Waals surface area contributed by atoms with Crippen molar-refractivity contribution in [3.05, 3.63) is 58.5 Å². The van der Waals surface area contributed by atoms with Gasteiger partial charge in [-0.15, -0.1) is 10.2 Å². The molecule has 2 aliphatic heterocycles. The van der Waals surface area contributed by atoms with E-state index in [4.69, 9.17) is 11.6 Å². The van der Waals surface area contributed by atoms with Crippen LogP contribution in [0.1, 0.15) is 55.5 Å². The van der Waals surface area contributed by atoms with Crippen LogP contribution in [0.3, 0.4) is 0 Å². The molecule has 2 aromatic heterocycles. The SMILES string of the molecule is Cc1nccnc1N1CC2(CC(c3nnc4n3-c3ccc(Cl)cc3CN(C(C)(C)C#N)C4)C2)C1. The minimum absolute atomic E-state index is 0.323. The van der Waals surface area contributed by atoms with Crippen molar-refractivity contribution in [2.24, 2.45) is 5.41 Å². The summed E-state index contributed by atoms with van der Waals surface area (Å²) in [5, 5.41) is 19.7. The van der Waals surface area contributed by atoms with Gasteiger partial charge >= 0.3 is 0 Å². The van der Waals surface area contributed by atoms with Crippen molar-refractivity contribution in [2.75, 3.05) is 18.0 Å². The molecule has 0 N–H and O–H groups in total. The molecule has 3 aliphatic rings. The number of hydrogen-bond acceptors (Lipinski definition) is 7. The molecule has 1 saturated carbocycles. The Labute approximate surface area is 204 Å². The third-order valence-corrected chi connectivity index (χ3v) is 7.96. The van der Waals surface area contributed by atoms with Crippen molar-refractivity contribution in [1.29, 1.82) is 5.26 Å². The summed E-state index contributed by atoms with van der Waals surface area (Å²) < 4.78 is 2.22. The van der Waals surface area contributed by atoms with Gasteiger partial charge in [0.25, 0.3) is 0 Å². The van der Waals surface area contributed by atoms with Gasteiger partial charge in [-0.1, -0.05) is 11.6 Å². The van der Waals surface area contributed by atoms with E-state index in [-0.39, 0.29) is 0 Å². The third kappa shape index (κ3) is 3.29. The highest BCUT2D eigenvalue weighted by Gasteiger charge is 2.54. The summed E-state index contributed by atoms with van der Waals surface area (Å²) in [4.78, 5) is 13.4. The van der Waals surface area contributed by atoms with Gasteiger partial charge in [0.15, 0.2) is 5.82 Å². The molecule has 0 amide bonds. The van der Waals surface area contributed by atoms with Crippen LogP contribution >= 0.6 is 11.6 Å². The van der Waals surface area contributed by atoms with Crippen molar-refractivity contribution in [1.82, 2.24) is 29.6 Å². The highest BCUT2D eigenvalue weighted by molar-refractivity contribution is 6.30. The van der Waals surface area contributed by atoms with E-state index in [9.17, 15) is 5.26 Å². The molecule has 1 aromatic carbocycles. The van der Waals surface area contributed by atoms with E-state index in [1.54, 1.807) is 12.4 Å². The molecular formula is C25H27ClN8. The van der Waals surface area contributed by atoms with Gasteiger partial charge in [-0.3, -0.25) is 14.5 Å². The standard InChI is InChI=1S/C25H27ClN8/c1-16-22(29-7-6-28-16)32-14-25(15-32)9-18(10-25)23-31-30-21-12-33(24(2,3)13-27)11-17-8-19(26)4-5-20(17)34(21)23/h4-8,18H,9-12,14-15H2,1-3H3. The van der Waals surface area contributed by atoms with E-state index in [2.05, 4.69) is 46.7 Å². The number of fused-ring (bicyclic) bond motifs is 3. The van der Waals surface area contributed by atoms with Crippen molar-refractivity contribution in [2.45, 2.75) is 58.2 Å². The minimum atomic E-state index is -0.630. The molecule has 1 spiro atoms. The topological polar surface area (TPSA) is 86.8 Å². The van der Waals surface area contributed by atoms with Crippen molar-refractivity contribution >= 4 is 17.4 Å². The van der Waals surface area contributed by atoms with E-state index in [0.717, 1.165) is 60.3 Å². The molecule has 6 rings (SSSR count). The zero-order chi connectivity index (χ0) is 23.7. The van der Waals surface area contributed by atoms with Gasteiger partial charge in [-0.05, 0) is 57.4 Å². The van der Waals surface area contributed by atoms with Crippen LogP contribution in [0.4, 0.5) is 5.82 Å². The second kappa shape index (κ2) is 7.49. The lowest BCUT2D eigenvalue weighted by Gasteiger charge is -2.59. The van der Waals surface area contributed by atoms with E-state index in [0.29, 0.717) is 29.4 Å². The fourth-order valence-corrected chi connectivity index (χ4v) is 6.00. The maximum Gasteiger partial charge on any atom is 0.151 e. The lowest BCUT2D eigenvalue weighted by atomic mass is 9.57. The molecule has 8 nitrogen and oxygen atoms in total. The first-order valence-corrected chi connectivity index (χ1v) is 12.1. The molecule has 1 saturated heterocycles. The first kappa shape index (κ1) is 21.5. The predicted octanol–water partition coefficient (Wildman–Crippen LogP) is 4.02. The largest absolute Gasteiger partial charge is 0.354 e. The Bertz CT molecular complexity index is 1310. The molecule has 0 radical (unpaired) electrons. The predicted molar refractivity (Wildman–Crippen MR) is 129 cm³/mol. The van der Waals surface area contributed by atoms with Gasteiger partial charge in [0.05, 0.1) is 24.0 Å². The van der Waals surface area contributed by atoms with E-state index >= 15 is 0 Å². The Balaban J connectivity index is 1.27. The average molecular weight is 475 g/mol. The Morgan fingerprint density at radius 2 is 1.88 bits per heavy atom. The average Bonchev–Trinajstić information content (AvgIpc) is 3.07. The minimum Gasteiger partial charge on any atom is -0.354 e. The van der Waals surface area contributed by atoms with Gasteiger partial charge in [0.1, 0.15) is 17.2 Å². The van der Waals surface area contributed by atoms with Crippen molar-refractivity contribution < 1.29 is 0 Å². The Morgan fingerprint density at radius 1 is 1.12 bits per heavy atom. The second-order valence-corrected chi connectivity index (χ2v) is 11.0. The van der Waals surface area contributed by atoms with Crippen molar-refractivity contribution in [3.8, 4) is 11.8 Å². The summed E-state index contributed by atoms with van der Waals surface area (Å²) in [6, 6.07) is 8.43. The number of benzene rings is 1. The summed E-state index contributed by atoms with van der Waals surface area (Å²) in [7, 11) is 0. The van der Waals surface area contributed by atoms with Gasteiger partial charge in [-0.25, -0.2) is 4.98 Å². The third-order valence-electron chi connectivity index (χ3n) is 7.73. The van der Waals surface area contributed by atoms with Crippen LogP contribution in [0, 0.1) is 23.7 Å². The molecule has 0 atom stereocenters. The summed E-state index contributed by atoms with van der Waals surface area (Å²) >= 11 is 6.37. The molecule has 0 unspecified atom stereocenters. The monoisotopic (exact) mass is 474 g/mol. The maximum atomic E-state index is 9.77. The van der Waals surface area contributed by atoms with Crippen molar-refractivity contribution in [3.63, 3.8) is 0 Å². The van der Waals surface area contributed by atoms with Gasteiger partial charge in [0, 0.05) is 48.4 Å². The molecule has 4 heterocycles. The number of hydrogen-bond donors (Lipinski definition) is 0. The normalized spacial score (nSPS) is 19.6. The van der Waals surface area contributed by atoms with E-state index in [1.165, 1.54) is 0 Å². The second-order valence-electron chi connectivity index (χ2n) is 10.5. The van der Waals surface area contributed by atoms with Crippen LogP contribution in [0.5, 0.6) is 0 Å². The number of rotatable bonds is 3. The smallest absolute Gasteiger partial charge is 0.151 e. The van der Waals surface area contributed by atoms with E-state index in [1.807, 2.05) is 32.9 Å². The van der Waals surface area contributed by atoms with Crippen LogP contribution in [0.2, 0.25) is 5.02 Å². The number of nitrogens with zero attached hydrogens (tertiary/aromatic N) is 8. The van der Waals surface area contributed by atoms with E-state index < -0.39 is 5.54 Å². The number of nitriles is 1. The lowest BCUT2D eigenvalue weighted by Crippen LogP contribution is -2.62. The van der Waals surface area contributed by atoms with Crippen LogP contribution in [0.25, 0.3) is 5.69 Å². The van der Waals surface area contributed by atoms with Gasteiger partial charge in [0.2, 0.25) is 0 Å². The highest BCUT2D eigenvalue weighted by atomic mass is 35.5. The number of aromatic nitrogens is 5. The molecule has 2 fully saturated rings. The van der Waals surface area contributed by atoms with Crippen LogP contribution in [-0.4, -0.2) is 48.3 Å². The first-order chi connectivity index (χ1) is 16.3. The Morgan fingerprint density at radius 3 is 2.62 bits per heavy atom. The molecule has 34 heavy (non-hydrogen) atoms. The zero-order valence-electron chi connectivity index (χ0n) is 19.7. The summed E-state index contributed by atoms with van der Waals surface area (Å²) in [6.07, 6.45) is 5.70. The molecule has 1 aliphatic carbocycles. The fourth-order valence-electron chi connectivity index (χ4n) is 5.81. The molecular weight excluding hydrogens is 448 g/mol. The van der Waals surface area contributed by atoms with Crippen LogP contribution in [-0.2, 0) is 13.1 Å². The molecule has 3 aromatic rings. The summed E-state index contributed by atoms with van der Waals surface area (Å²) in [6.45, 7) is 9.14. The van der Waals surface area contributed by atoms with Crippen LogP contribution < -0.4 is 4.90 Å². The Hall–Kier alpha value is -3.02. The van der Waals surface area contributed by atoms with Gasteiger partial charge < -0.3 is 4.90 Å². The maximum absolute atomic E-state index is 9.77. The quantitative estimate of drug-likeness (QED) is 0.566. The fraction of sp³-hybridized carbons (Fsp3) is 0.480. The number of aryl methyl sites for hydroxylation is 1. The Kier molecular flexibility index (Phi) is 4.74. The summed E-state index contributed by atoms with van der Waals surface area (Å²) in [5.41, 5.74) is 2.84. The van der Waals surface area contributed by atoms with Gasteiger partial charge in [-0.2, -0.15) is 5.26 Å². The first-order valence-electron chi connectivity index (χ1n) is 11.7. The summed E-state index contributed by atoms with van der Waals surface area (Å²) in [5.74, 6) is 3.27.